The predicted octanol–water partition coefficient (Wildman–Crippen LogP) is 6.92. The largest absolute Gasteiger partial charge is 0.352 e. The Bertz CT molecular complexity index is 1090. The molecule has 1 unspecified atom stereocenters. The Balaban J connectivity index is 1.75. The van der Waals surface area contributed by atoms with Gasteiger partial charge in [0.2, 0.25) is 0 Å². The van der Waals surface area contributed by atoms with Crippen LogP contribution in [0.2, 0.25) is 0 Å². The minimum Gasteiger partial charge on any atom is -0.352 e. The number of rotatable bonds is 4. The number of aliphatic imine (C=N–C) groups is 1. The molecule has 3 nitrogen and oxygen atoms in total. The lowest BCUT2D eigenvalue weighted by molar-refractivity contribution is 0.0949. The van der Waals surface area contributed by atoms with E-state index in [1.165, 1.54) is 0 Å². The number of amides is 1. The summed E-state index contributed by atoms with van der Waals surface area (Å²) in [6, 6.07) is 14.0. The molecule has 2 aromatic rings. The number of benzene rings is 2. The van der Waals surface area contributed by atoms with Crippen LogP contribution < -0.4 is 5.32 Å². The zero-order valence-corrected chi connectivity index (χ0v) is 19.1. The third-order valence-electron chi connectivity index (χ3n) is 5.00. The van der Waals surface area contributed by atoms with Crippen molar-refractivity contribution in [3.63, 3.8) is 0 Å². The summed E-state index contributed by atoms with van der Waals surface area (Å²) in [7, 11) is 0. The van der Waals surface area contributed by atoms with Gasteiger partial charge in [0.05, 0.1) is 16.4 Å². The number of halogens is 2. The van der Waals surface area contributed by atoms with Crippen molar-refractivity contribution >= 4 is 52.3 Å². The Morgan fingerprint density at radius 2 is 2.00 bits per heavy atom. The molecule has 6 heteroatoms. The molecule has 30 heavy (non-hydrogen) atoms. The van der Waals surface area contributed by atoms with Crippen LogP contribution in [0.1, 0.15) is 36.2 Å². The lowest BCUT2D eigenvalue weighted by Gasteiger charge is -2.20. The number of nitrogens with zero attached hydrogens (tertiary/aromatic N) is 1. The van der Waals surface area contributed by atoms with Crippen molar-refractivity contribution in [2.75, 3.05) is 6.54 Å². The molecule has 4 rings (SSSR count). The lowest BCUT2D eigenvalue weighted by Crippen LogP contribution is -2.27. The second kappa shape index (κ2) is 9.01. The van der Waals surface area contributed by atoms with Crippen molar-refractivity contribution < 1.29 is 4.79 Å². The summed E-state index contributed by atoms with van der Waals surface area (Å²) in [6.45, 7) is 4.79. The van der Waals surface area contributed by atoms with Gasteiger partial charge in [0.25, 0.3) is 5.91 Å². The molecular formula is C24H22Cl2N2OS. The molecule has 0 fully saturated rings. The van der Waals surface area contributed by atoms with Gasteiger partial charge < -0.3 is 5.32 Å². The summed E-state index contributed by atoms with van der Waals surface area (Å²) in [5.41, 5.74) is 3.44. The third kappa shape index (κ3) is 4.51. The molecule has 0 saturated heterocycles. The van der Waals surface area contributed by atoms with Gasteiger partial charge in [-0.15, -0.1) is 0 Å². The summed E-state index contributed by atoms with van der Waals surface area (Å²) < 4.78 is 0. The van der Waals surface area contributed by atoms with Crippen LogP contribution in [0.3, 0.4) is 0 Å². The summed E-state index contributed by atoms with van der Waals surface area (Å²) in [5, 5.41) is 4.20. The highest BCUT2D eigenvalue weighted by atomic mass is 35.5. The van der Waals surface area contributed by atoms with Crippen molar-refractivity contribution in [1.82, 2.24) is 5.32 Å². The molecule has 0 aromatic heterocycles. The number of fused-ring (bicyclic) bond motifs is 2. The molecule has 0 bridgehead atoms. The molecule has 0 spiro atoms. The zero-order valence-electron chi connectivity index (χ0n) is 16.8. The van der Waals surface area contributed by atoms with Gasteiger partial charge in [0.15, 0.2) is 0 Å². The standard InChI is InChI=1S/C24H22Cl2N2OS/c1-14(2)13-27-24(29)16-8-10-22-20(12-16)28-23(15-7-9-18(25)19(26)11-15)17-5-3-4-6-21(17)30-22/h3-10,12,14-15H,11,13H2,1-2H3,(H,27,29). The van der Waals surface area contributed by atoms with Gasteiger partial charge in [0.1, 0.15) is 0 Å². The van der Waals surface area contributed by atoms with Gasteiger partial charge in [-0.3, -0.25) is 9.79 Å². The molecule has 1 atom stereocenters. The zero-order chi connectivity index (χ0) is 21.3. The van der Waals surface area contributed by atoms with Gasteiger partial charge in [-0.05, 0) is 42.7 Å². The van der Waals surface area contributed by atoms with Crippen LogP contribution in [0.4, 0.5) is 5.69 Å². The molecular weight excluding hydrogens is 435 g/mol. The van der Waals surface area contributed by atoms with E-state index < -0.39 is 0 Å². The topological polar surface area (TPSA) is 41.5 Å². The smallest absolute Gasteiger partial charge is 0.251 e. The molecule has 2 aromatic carbocycles. The highest BCUT2D eigenvalue weighted by Crippen LogP contribution is 2.43. The molecule has 2 aliphatic rings. The van der Waals surface area contributed by atoms with Gasteiger partial charge in [0, 0.05) is 38.4 Å². The first kappa shape index (κ1) is 21.2. The van der Waals surface area contributed by atoms with Crippen molar-refractivity contribution in [1.29, 1.82) is 0 Å². The highest BCUT2D eigenvalue weighted by Gasteiger charge is 2.26. The first-order valence-corrected chi connectivity index (χ1v) is 11.5. The molecule has 1 aliphatic carbocycles. The number of hydrogen-bond donors (Lipinski definition) is 1. The summed E-state index contributed by atoms with van der Waals surface area (Å²) in [6.07, 6.45) is 4.51. The fraction of sp³-hybridized carbons (Fsp3) is 0.250. The maximum Gasteiger partial charge on any atom is 0.251 e. The van der Waals surface area contributed by atoms with E-state index >= 15 is 0 Å². The minimum atomic E-state index is -0.0784. The van der Waals surface area contributed by atoms with E-state index in [1.54, 1.807) is 11.8 Å². The van der Waals surface area contributed by atoms with Crippen LogP contribution in [-0.4, -0.2) is 18.2 Å². The quantitative estimate of drug-likeness (QED) is 0.541. The molecule has 1 N–H and O–H groups in total. The fourth-order valence-corrected chi connectivity index (χ4v) is 4.82. The average molecular weight is 457 g/mol. The molecule has 154 valence electrons. The van der Waals surface area contributed by atoms with E-state index in [0.29, 0.717) is 34.5 Å². The predicted molar refractivity (Wildman–Crippen MR) is 126 cm³/mol. The molecule has 1 heterocycles. The van der Waals surface area contributed by atoms with Gasteiger partial charge in [-0.2, -0.15) is 0 Å². The van der Waals surface area contributed by atoms with Crippen LogP contribution in [0.25, 0.3) is 0 Å². The van der Waals surface area contributed by atoms with Crippen LogP contribution in [0, 0.1) is 11.8 Å². The minimum absolute atomic E-state index is 0.0196. The Morgan fingerprint density at radius 1 is 1.20 bits per heavy atom. The van der Waals surface area contributed by atoms with E-state index in [-0.39, 0.29) is 11.8 Å². The van der Waals surface area contributed by atoms with E-state index in [4.69, 9.17) is 28.2 Å². The molecule has 0 saturated carbocycles. The Hall–Kier alpha value is -2.01. The van der Waals surface area contributed by atoms with Crippen LogP contribution in [-0.2, 0) is 0 Å². The molecule has 1 amide bonds. The van der Waals surface area contributed by atoms with E-state index in [9.17, 15) is 4.79 Å². The molecule has 1 aliphatic heterocycles. The van der Waals surface area contributed by atoms with Gasteiger partial charge in [-0.25, -0.2) is 0 Å². The normalized spacial score (nSPS) is 17.9. The number of carbonyl (C=O) groups excluding carboxylic acids is 1. The summed E-state index contributed by atoms with van der Waals surface area (Å²) >= 11 is 14.2. The third-order valence-corrected chi connectivity index (χ3v) is 6.95. The molecule has 0 radical (unpaired) electrons. The van der Waals surface area contributed by atoms with Crippen LogP contribution in [0.15, 0.2) is 79.5 Å². The van der Waals surface area contributed by atoms with Gasteiger partial charge in [-0.1, -0.05) is 73.1 Å². The Kier molecular flexibility index (Phi) is 6.37. The Morgan fingerprint density at radius 3 is 2.77 bits per heavy atom. The SMILES string of the molecule is CC(C)CNC(=O)c1ccc2c(c1)N=C(C1C=CC(Cl)=C(Cl)C1)c1ccccc1S2. The van der Waals surface area contributed by atoms with E-state index in [2.05, 4.69) is 37.4 Å². The highest BCUT2D eigenvalue weighted by molar-refractivity contribution is 7.99. The van der Waals surface area contributed by atoms with Crippen molar-refractivity contribution in [2.45, 2.75) is 30.1 Å². The number of allylic oxidation sites excluding steroid dienone is 4. The van der Waals surface area contributed by atoms with Crippen molar-refractivity contribution in [2.24, 2.45) is 16.8 Å². The second-order valence-electron chi connectivity index (χ2n) is 7.80. The Labute approximate surface area is 191 Å². The fourth-order valence-electron chi connectivity index (χ4n) is 3.43. The number of nitrogens with one attached hydrogen (secondary N) is 1. The lowest BCUT2D eigenvalue weighted by atomic mass is 9.90. The summed E-state index contributed by atoms with van der Waals surface area (Å²) in [4.78, 5) is 19.8. The summed E-state index contributed by atoms with van der Waals surface area (Å²) in [5.74, 6) is 0.337. The van der Waals surface area contributed by atoms with Crippen molar-refractivity contribution in [3.8, 4) is 0 Å². The number of carbonyl (C=O) groups is 1. The monoisotopic (exact) mass is 456 g/mol. The maximum absolute atomic E-state index is 12.6. The average Bonchev–Trinajstić information content (AvgIpc) is 2.90. The maximum atomic E-state index is 12.6. The van der Waals surface area contributed by atoms with Crippen LogP contribution in [0.5, 0.6) is 0 Å². The number of hydrogen-bond acceptors (Lipinski definition) is 3. The first-order chi connectivity index (χ1) is 14.4. The second-order valence-corrected chi connectivity index (χ2v) is 9.75. The van der Waals surface area contributed by atoms with E-state index in [1.807, 2.05) is 36.4 Å². The first-order valence-electron chi connectivity index (χ1n) is 9.93. The van der Waals surface area contributed by atoms with Crippen LogP contribution >= 0.6 is 35.0 Å². The van der Waals surface area contributed by atoms with Crippen molar-refractivity contribution in [3.05, 3.63) is 75.8 Å². The van der Waals surface area contributed by atoms with E-state index in [0.717, 1.165) is 26.8 Å². The van der Waals surface area contributed by atoms with Gasteiger partial charge >= 0.3 is 0 Å².